The van der Waals surface area contributed by atoms with Crippen LogP contribution < -0.4 is 10.1 Å². The monoisotopic (exact) mass is 276 g/mol. The number of ether oxygens (including phenoxy) is 1. The second-order valence-electron chi connectivity index (χ2n) is 5.42. The topological polar surface area (TPSA) is 24.5 Å². The van der Waals surface area contributed by atoms with E-state index in [9.17, 15) is 0 Å². The van der Waals surface area contributed by atoms with Gasteiger partial charge in [-0.15, -0.1) is 0 Å². The van der Waals surface area contributed by atoms with Crippen LogP contribution in [0.25, 0.3) is 0 Å². The first kappa shape index (κ1) is 15.3. The fourth-order valence-electron chi connectivity index (χ4n) is 2.72. The van der Waals surface area contributed by atoms with Gasteiger partial charge in [0, 0.05) is 6.42 Å². The van der Waals surface area contributed by atoms with Gasteiger partial charge in [0.2, 0.25) is 0 Å². The van der Waals surface area contributed by atoms with Crippen molar-refractivity contribution >= 4 is 0 Å². The summed E-state index contributed by atoms with van der Waals surface area (Å²) in [5.74, 6) is 1.08. The first-order valence-electron chi connectivity index (χ1n) is 8.01. The predicted octanol–water partition coefficient (Wildman–Crippen LogP) is 2.49. The molecule has 0 saturated heterocycles. The van der Waals surface area contributed by atoms with E-state index in [-0.39, 0.29) is 0 Å². The second kappa shape index (κ2) is 8.28. The maximum atomic E-state index is 5.53. The summed E-state index contributed by atoms with van der Waals surface area (Å²) in [4.78, 5) is 2.47. The molecule has 0 atom stereocenters. The number of hydrogen-bond donors (Lipinski definition) is 1. The Morgan fingerprint density at radius 1 is 1.20 bits per heavy atom. The summed E-state index contributed by atoms with van der Waals surface area (Å²) < 4.78 is 5.53. The minimum Gasteiger partial charge on any atom is -0.493 e. The van der Waals surface area contributed by atoms with Gasteiger partial charge in [-0.05, 0) is 62.8 Å². The minimum absolute atomic E-state index is 0.850. The molecule has 1 N–H and O–H groups in total. The van der Waals surface area contributed by atoms with Crippen LogP contribution in [-0.4, -0.2) is 44.2 Å². The molecule has 0 amide bonds. The molecule has 0 unspecified atom stereocenters. The van der Waals surface area contributed by atoms with Crippen molar-refractivity contribution in [3.05, 3.63) is 29.3 Å². The zero-order valence-electron chi connectivity index (χ0n) is 13.0. The van der Waals surface area contributed by atoms with Crippen LogP contribution in [0.5, 0.6) is 5.75 Å². The van der Waals surface area contributed by atoms with Crippen molar-refractivity contribution in [2.24, 2.45) is 0 Å². The van der Waals surface area contributed by atoms with E-state index in [4.69, 9.17) is 4.74 Å². The number of benzene rings is 1. The van der Waals surface area contributed by atoms with Crippen molar-refractivity contribution in [2.45, 2.75) is 33.1 Å². The molecule has 1 aliphatic heterocycles. The van der Waals surface area contributed by atoms with Crippen LogP contribution in [0, 0.1) is 0 Å². The number of hydrogen-bond acceptors (Lipinski definition) is 3. The molecule has 0 bridgehead atoms. The second-order valence-corrected chi connectivity index (χ2v) is 5.42. The van der Waals surface area contributed by atoms with Gasteiger partial charge in [-0.25, -0.2) is 0 Å². The average molecular weight is 276 g/mol. The fraction of sp³-hybridized carbons (Fsp3) is 0.647. The summed E-state index contributed by atoms with van der Waals surface area (Å²) in [6, 6.07) is 6.62. The van der Waals surface area contributed by atoms with Gasteiger partial charge in [-0.1, -0.05) is 26.0 Å². The molecule has 1 heterocycles. The summed E-state index contributed by atoms with van der Waals surface area (Å²) >= 11 is 0. The molecule has 0 fully saturated rings. The molecule has 3 nitrogen and oxygen atoms in total. The normalized spacial score (nSPS) is 13.6. The number of rotatable bonds is 9. The number of fused-ring (bicyclic) bond motifs is 1. The molecular formula is C17H28N2O. The maximum absolute atomic E-state index is 5.53. The van der Waals surface area contributed by atoms with Crippen LogP contribution in [0.4, 0.5) is 0 Å². The summed E-state index contributed by atoms with van der Waals surface area (Å²) in [7, 11) is 0. The Bertz CT molecular complexity index is 402. The van der Waals surface area contributed by atoms with E-state index in [0.29, 0.717) is 0 Å². The lowest BCUT2D eigenvalue weighted by Crippen LogP contribution is -2.27. The van der Waals surface area contributed by atoms with E-state index in [0.717, 1.165) is 51.4 Å². The van der Waals surface area contributed by atoms with Crippen molar-refractivity contribution in [1.29, 1.82) is 0 Å². The fourth-order valence-corrected chi connectivity index (χ4v) is 2.72. The van der Waals surface area contributed by atoms with Crippen molar-refractivity contribution < 1.29 is 4.74 Å². The van der Waals surface area contributed by atoms with Gasteiger partial charge >= 0.3 is 0 Å². The van der Waals surface area contributed by atoms with Crippen molar-refractivity contribution in [3.8, 4) is 5.75 Å². The molecule has 1 aromatic carbocycles. The van der Waals surface area contributed by atoms with Gasteiger partial charge < -0.3 is 15.0 Å². The Labute approximate surface area is 123 Å². The lowest BCUT2D eigenvalue weighted by Gasteiger charge is -2.17. The quantitative estimate of drug-likeness (QED) is 0.701. The van der Waals surface area contributed by atoms with Crippen LogP contribution in [0.15, 0.2) is 18.2 Å². The third-order valence-corrected chi connectivity index (χ3v) is 4.07. The van der Waals surface area contributed by atoms with Crippen molar-refractivity contribution in [1.82, 2.24) is 10.2 Å². The smallest absolute Gasteiger partial charge is 0.122 e. The van der Waals surface area contributed by atoms with Crippen LogP contribution in [0.1, 0.15) is 31.4 Å². The third-order valence-electron chi connectivity index (χ3n) is 4.07. The van der Waals surface area contributed by atoms with Gasteiger partial charge in [0.05, 0.1) is 6.61 Å². The third kappa shape index (κ3) is 4.50. The van der Waals surface area contributed by atoms with E-state index in [1.807, 2.05) is 0 Å². The lowest BCUT2D eigenvalue weighted by molar-refractivity contribution is 0.298. The summed E-state index contributed by atoms with van der Waals surface area (Å²) in [6.07, 6.45) is 3.42. The molecule has 0 aromatic heterocycles. The van der Waals surface area contributed by atoms with E-state index in [2.05, 4.69) is 42.3 Å². The molecule has 0 radical (unpaired) electrons. The molecular weight excluding hydrogens is 248 g/mol. The Morgan fingerprint density at radius 3 is 2.85 bits per heavy atom. The van der Waals surface area contributed by atoms with Crippen LogP contribution in [0.3, 0.4) is 0 Å². The molecule has 1 aromatic rings. The van der Waals surface area contributed by atoms with Gasteiger partial charge in [0.1, 0.15) is 5.75 Å². The van der Waals surface area contributed by atoms with Gasteiger partial charge in [0.25, 0.3) is 0 Å². The van der Waals surface area contributed by atoms with Crippen LogP contribution in [0.2, 0.25) is 0 Å². The molecule has 0 saturated carbocycles. The number of nitrogens with zero attached hydrogens (tertiary/aromatic N) is 1. The SMILES string of the molecule is CCN(CC)CCCNCCc1ccc2c(c1)CCO2. The summed E-state index contributed by atoms with van der Waals surface area (Å²) in [5, 5.41) is 3.55. The average Bonchev–Trinajstić information content (AvgIpc) is 2.94. The highest BCUT2D eigenvalue weighted by Crippen LogP contribution is 2.25. The van der Waals surface area contributed by atoms with E-state index in [1.165, 1.54) is 24.1 Å². The van der Waals surface area contributed by atoms with Crippen molar-refractivity contribution in [3.63, 3.8) is 0 Å². The molecule has 112 valence electrons. The van der Waals surface area contributed by atoms with Crippen molar-refractivity contribution in [2.75, 3.05) is 39.3 Å². The van der Waals surface area contributed by atoms with Crippen LogP contribution >= 0.6 is 0 Å². The molecule has 2 rings (SSSR count). The van der Waals surface area contributed by atoms with E-state index in [1.54, 1.807) is 0 Å². The Kier molecular flexibility index (Phi) is 6.34. The summed E-state index contributed by atoms with van der Waals surface area (Å²) in [6.45, 7) is 11.0. The highest BCUT2D eigenvalue weighted by Gasteiger charge is 2.11. The molecule has 0 spiro atoms. The summed E-state index contributed by atoms with van der Waals surface area (Å²) in [5.41, 5.74) is 2.80. The van der Waals surface area contributed by atoms with Gasteiger partial charge in [-0.2, -0.15) is 0 Å². The highest BCUT2D eigenvalue weighted by molar-refractivity contribution is 5.39. The Morgan fingerprint density at radius 2 is 2.05 bits per heavy atom. The molecule has 3 heteroatoms. The standard InChI is InChI=1S/C17H28N2O/c1-3-19(4-2)12-5-10-18-11-8-15-6-7-17-16(14-15)9-13-20-17/h6-7,14,18H,3-5,8-13H2,1-2H3. The zero-order chi connectivity index (χ0) is 14.2. The lowest BCUT2D eigenvalue weighted by atomic mass is 10.1. The highest BCUT2D eigenvalue weighted by atomic mass is 16.5. The Hall–Kier alpha value is -1.06. The predicted molar refractivity (Wildman–Crippen MR) is 84.6 cm³/mol. The van der Waals surface area contributed by atoms with E-state index < -0.39 is 0 Å². The van der Waals surface area contributed by atoms with Crippen LogP contribution in [-0.2, 0) is 12.8 Å². The maximum Gasteiger partial charge on any atom is 0.122 e. The first-order valence-corrected chi connectivity index (χ1v) is 8.01. The minimum atomic E-state index is 0.850. The number of nitrogens with one attached hydrogen (secondary N) is 1. The molecule has 20 heavy (non-hydrogen) atoms. The molecule has 0 aliphatic carbocycles. The van der Waals surface area contributed by atoms with Gasteiger partial charge in [-0.3, -0.25) is 0 Å². The largest absolute Gasteiger partial charge is 0.493 e. The van der Waals surface area contributed by atoms with Gasteiger partial charge in [0.15, 0.2) is 0 Å². The van der Waals surface area contributed by atoms with E-state index >= 15 is 0 Å². The molecule has 1 aliphatic rings. The zero-order valence-corrected chi connectivity index (χ0v) is 13.0. The Balaban J connectivity index is 1.59. The first-order chi connectivity index (χ1) is 9.83.